The molecule has 0 bridgehead atoms. The molecule has 0 aromatic heterocycles. The molecule has 3 fully saturated rings. The van der Waals surface area contributed by atoms with Crippen LogP contribution in [0.3, 0.4) is 0 Å². The molecule has 3 heteroatoms. The second-order valence-electron chi connectivity index (χ2n) is 8.04. The first-order valence-corrected chi connectivity index (χ1v) is 9.87. The minimum Gasteiger partial charge on any atom is -0.312 e. The van der Waals surface area contributed by atoms with Gasteiger partial charge >= 0.3 is 0 Å². The number of benzene rings is 1. The third-order valence-corrected chi connectivity index (χ3v) is 6.29. The summed E-state index contributed by atoms with van der Waals surface area (Å²) < 4.78 is 0. The Morgan fingerprint density at radius 1 is 1.04 bits per heavy atom. The predicted octanol–water partition coefficient (Wildman–Crippen LogP) is 4.18. The summed E-state index contributed by atoms with van der Waals surface area (Å²) in [5.41, 5.74) is 2.56. The van der Waals surface area contributed by atoms with Crippen molar-refractivity contribution in [2.24, 2.45) is 5.92 Å². The largest absolute Gasteiger partial charge is 0.312 e. The first-order chi connectivity index (χ1) is 11.7. The number of likely N-dealkylation sites (tertiary alicyclic amines) is 1. The summed E-state index contributed by atoms with van der Waals surface area (Å²) in [6.07, 6.45) is 8.15. The Bertz CT molecular complexity index is 582. The van der Waals surface area contributed by atoms with Gasteiger partial charge in [-0.3, -0.25) is 4.79 Å². The second kappa shape index (κ2) is 6.87. The zero-order chi connectivity index (χ0) is 16.5. The Morgan fingerprint density at radius 2 is 1.88 bits per heavy atom. The fourth-order valence-corrected chi connectivity index (χ4v) is 4.58. The summed E-state index contributed by atoms with van der Waals surface area (Å²) in [6.45, 7) is 5.83. The molecule has 4 rings (SSSR count). The van der Waals surface area contributed by atoms with Gasteiger partial charge in [0.2, 0.25) is 5.91 Å². The van der Waals surface area contributed by atoms with Crippen molar-refractivity contribution in [2.75, 3.05) is 24.5 Å². The number of amides is 1. The number of nitrogens with zero attached hydrogens (tertiary/aromatic N) is 2. The van der Waals surface area contributed by atoms with E-state index in [1.807, 2.05) is 4.90 Å². The highest BCUT2D eigenvalue weighted by molar-refractivity contribution is 5.93. The molecule has 0 N–H and O–H groups in total. The minimum atomic E-state index is 0.299. The normalized spacial score (nSPS) is 31.3. The molecule has 3 atom stereocenters. The smallest absolute Gasteiger partial charge is 0.226 e. The van der Waals surface area contributed by atoms with Crippen LogP contribution in [0, 0.1) is 5.92 Å². The van der Waals surface area contributed by atoms with Crippen LogP contribution in [0.25, 0.3) is 0 Å². The molecule has 1 aromatic rings. The molecule has 2 aliphatic heterocycles. The van der Waals surface area contributed by atoms with Crippen LogP contribution in [0.2, 0.25) is 0 Å². The van der Waals surface area contributed by atoms with Crippen molar-refractivity contribution in [3.63, 3.8) is 0 Å². The Balaban J connectivity index is 1.37. The average molecular weight is 326 g/mol. The molecule has 3 aliphatic rings. The zero-order valence-corrected chi connectivity index (χ0v) is 14.9. The van der Waals surface area contributed by atoms with Crippen molar-refractivity contribution < 1.29 is 4.79 Å². The highest BCUT2D eigenvalue weighted by Gasteiger charge is 2.40. The first-order valence-electron chi connectivity index (χ1n) is 9.87. The van der Waals surface area contributed by atoms with Crippen LogP contribution in [0.5, 0.6) is 0 Å². The van der Waals surface area contributed by atoms with Gasteiger partial charge < -0.3 is 9.80 Å². The zero-order valence-electron chi connectivity index (χ0n) is 14.9. The maximum Gasteiger partial charge on any atom is 0.226 e. The van der Waals surface area contributed by atoms with E-state index in [4.69, 9.17) is 0 Å². The third kappa shape index (κ3) is 3.37. The van der Waals surface area contributed by atoms with Crippen molar-refractivity contribution in [3.8, 4) is 0 Å². The van der Waals surface area contributed by atoms with Crippen molar-refractivity contribution in [1.82, 2.24) is 4.90 Å². The van der Waals surface area contributed by atoms with Gasteiger partial charge in [-0.1, -0.05) is 18.6 Å². The lowest BCUT2D eigenvalue weighted by atomic mass is 10.1. The summed E-state index contributed by atoms with van der Waals surface area (Å²) in [7, 11) is 0. The minimum absolute atomic E-state index is 0.299. The highest BCUT2D eigenvalue weighted by atomic mass is 16.2. The Labute approximate surface area is 146 Å². The van der Waals surface area contributed by atoms with Gasteiger partial charge in [0.25, 0.3) is 0 Å². The fourth-order valence-electron chi connectivity index (χ4n) is 4.58. The number of rotatable bonds is 4. The standard InChI is InChI=1S/C21H30N2O/c1-16-6-5-12-22(16)15-18-14-20(18)17-8-10-19(11-9-17)23-13-4-2-3-7-21(23)24/h8-11,16,18,20H,2-7,12-15H2,1H3/t16-,18+,20+/m0/s1. The summed E-state index contributed by atoms with van der Waals surface area (Å²) in [6, 6.07) is 9.67. The molecule has 2 heterocycles. The maximum absolute atomic E-state index is 12.2. The van der Waals surface area contributed by atoms with Gasteiger partial charge in [0.05, 0.1) is 0 Å². The fraction of sp³-hybridized carbons (Fsp3) is 0.667. The Morgan fingerprint density at radius 3 is 2.62 bits per heavy atom. The number of carbonyl (C=O) groups is 1. The number of carbonyl (C=O) groups excluding carboxylic acids is 1. The van der Waals surface area contributed by atoms with Crippen LogP contribution >= 0.6 is 0 Å². The van der Waals surface area contributed by atoms with Crippen LogP contribution in [-0.4, -0.2) is 36.5 Å². The van der Waals surface area contributed by atoms with Crippen molar-refractivity contribution >= 4 is 11.6 Å². The molecule has 1 saturated carbocycles. The lowest BCUT2D eigenvalue weighted by molar-refractivity contribution is -0.118. The molecule has 130 valence electrons. The molecule has 0 spiro atoms. The summed E-state index contributed by atoms with van der Waals surface area (Å²) >= 11 is 0. The van der Waals surface area contributed by atoms with Gasteiger partial charge in [-0.25, -0.2) is 0 Å². The molecule has 2 saturated heterocycles. The second-order valence-corrected chi connectivity index (χ2v) is 8.04. The lowest BCUT2D eigenvalue weighted by Gasteiger charge is -2.21. The molecule has 1 amide bonds. The summed E-state index contributed by atoms with van der Waals surface area (Å²) in [4.78, 5) is 16.9. The van der Waals surface area contributed by atoms with Gasteiger partial charge in [-0.05, 0) is 75.1 Å². The number of anilines is 1. The van der Waals surface area contributed by atoms with E-state index in [2.05, 4.69) is 36.1 Å². The first kappa shape index (κ1) is 16.1. The van der Waals surface area contributed by atoms with E-state index in [1.165, 1.54) is 44.3 Å². The number of hydrogen-bond donors (Lipinski definition) is 0. The van der Waals surface area contributed by atoms with E-state index >= 15 is 0 Å². The molecule has 24 heavy (non-hydrogen) atoms. The Kier molecular flexibility index (Phi) is 4.62. The van der Waals surface area contributed by atoms with Crippen LogP contribution < -0.4 is 4.90 Å². The molecule has 0 radical (unpaired) electrons. The molecule has 1 aromatic carbocycles. The van der Waals surface area contributed by atoms with Gasteiger partial charge in [0.15, 0.2) is 0 Å². The SMILES string of the molecule is C[C@H]1CCCN1C[C@H]1C[C@@H]1c1ccc(N2CCCCCC2=O)cc1. The topological polar surface area (TPSA) is 23.6 Å². The van der Waals surface area contributed by atoms with E-state index in [-0.39, 0.29) is 0 Å². The van der Waals surface area contributed by atoms with Gasteiger partial charge in [0.1, 0.15) is 0 Å². The van der Waals surface area contributed by atoms with E-state index in [1.54, 1.807) is 0 Å². The van der Waals surface area contributed by atoms with Crippen LogP contribution in [0.1, 0.15) is 63.4 Å². The molecule has 3 nitrogen and oxygen atoms in total. The van der Waals surface area contributed by atoms with Crippen molar-refractivity contribution in [3.05, 3.63) is 29.8 Å². The van der Waals surface area contributed by atoms with Crippen LogP contribution in [0.15, 0.2) is 24.3 Å². The Hall–Kier alpha value is -1.35. The van der Waals surface area contributed by atoms with Gasteiger partial charge in [-0.2, -0.15) is 0 Å². The summed E-state index contributed by atoms with van der Waals surface area (Å²) in [5.74, 6) is 1.88. The molecular formula is C21H30N2O. The van der Waals surface area contributed by atoms with E-state index in [9.17, 15) is 4.79 Å². The molecular weight excluding hydrogens is 296 g/mol. The third-order valence-electron chi connectivity index (χ3n) is 6.29. The van der Waals surface area contributed by atoms with E-state index in [0.29, 0.717) is 12.3 Å². The average Bonchev–Trinajstić information content (AvgIpc) is 3.29. The lowest BCUT2D eigenvalue weighted by Crippen LogP contribution is -2.29. The quantitative estimate of drug-likeness (QED) is 0.828. The number of hydrogen-bond acceptors (Lipinski definition) is 2. The monoisotopic (exact) mass is 326 g/mol. The maximum atomic E-state index is 12.2. The van der Waals surface area contributed by atoms with Gasteiger partial charge in [-0.15, -0.1) is 0 Å². The molecule has 0 unspecified atom stereocenters. The van der Waals surface area contributed by atoms with Crippen molar-refractivity contribution in [1.29, 1.82) is 0 Å². The highest BCUT2D eigenvalue weighted by Crippen LogP contribution is 2.48. The van der Waals surface area contributed by atoms with Crippen LogP contribution in [-0.2, 0) is 4.79 Å². The predicted molar refractivity (Wildman–Crippen MR) is 98.4 cm³/mol. The van der Waals surface area contributed by atoms with E-state index in [0.717, 1.165) is 43.0 Å². The van der Waals surface area contributed by atoms with Crippen molar-refractivity contribution in [2.45, 2.75) is 63.8 Å². The van der Waals surface area contributed by atoms with Crippen LogP contribution in [0.4, 0.5) is 5.69 Å². The van der Waals surface area contributed by atoms with Gasteiger partial charge in [0, 0.05) is 31.2 Å². The molecule has 1 aliphatic carbocycles. The van der Waals surface area contributed by atoms with E-state index < -0.39 is 0 Å². The summed E-state index contributed by atoms with van der Waals surface area (Å²) in [5, 5.41) is 0.